The number of piperidine rings is 1. The number of oxazole rings is 1. The molecule has 9 nitrogen and oxygen atoms in total. The Balaban J connectivity index is 1.34. The summed E-state index contributed by atoms with van der Waals surface area (Å²) in [5.41, 5.74) is 1.72. The van der Waals surface area contributed by atoms with Gasteiger partial charge in [0, 0.05) is 25.6 Å². The van der Waals surface area contributed by atoms with Gasteiger partial charge in [-0.3, -0.25) is 24.4 Å². The van der Waals surface area contributed by atoms with Crippen molar-refractivity contribution >= 4 is 22.7 Å². The van der Waals surface area contributed by atoms with Gasteiger partial charge in [-0.25, -0.2) is 4.79 Å². The lowest BCUT2D eigenvalue weighted by molar-refractivity contribution is -0.384. The molecule has 2 heterocycles. The van der Waals surface area contributed by atoms with E-state index in [4.69, 9.17) is 4.42 Å². The summed E-state index contributed by atoms with van der Waals surface area (Å²) in [4.78, 5) is 37.6. The third-order valence-corrected chi connectivity index (χ3v) is 6.58. The van der Waals surface area contributed by atoms with Crippen LogP contribution < -0.4 is 11.1 Å². The molecular formula is C25H30N4O5. The normalized spacial score (nSPS) is 15.9. The van der Waals surface area contributed by atoms with Crippen molar-refractivity contribution in [3.8, 4) is 0 Å². The molecule has 9 heteroatoms. The van der Waals surface area contributed by atoms with Gasteiger partial charge in [0.05, 0.1) is 22.5 Å². The molecular weight excluding hydrogens is 436 g/mol. The first-order valence-electron chi connectivity index (χ1n) is 11.8. The minimum absolute atomic E-state index is 0.0669. The van der Waals surface area contributed by atoms with Crippen LogP contribution in [0.5, 0.6) is 0 Å². The number of amides is 1. The predicted molar refractivity (Wildman–Crippen MR) is 129 cm³/mol. The van der Waals surface area contributed by atoms with Crippen molar-refractivity contribution in [2.24, 2.45) is 5.92 Å². The molecule has 0 radical (unpaired) electrons. The maximum absolute atomic E-state index is 12.6. The van der Waals surface area contributed by atoms with E-state index < -0.39 is 10.7 Å². The summed E-state index contributed by atoms with van der Waals surface area (Å²) in [6.45, 7) is 5.15. The molecule has 1 aliphatic rings. The van der Waals surface area contributed by atoms with E-state index in [2.05, 4.69) is 29.3 Å². The molecule has 2 aromatic carbocycles. The number of benzene rings is 2. The quantitative estimate of drug-likeness (QED) is 0.379. The topological polar surface area (TPSA) is 111 Å². The Morgan fingerprint density at radius 3 is 2.65 bits per heavy atom. The highest BCUT2D eigenvalue weighted by molar-refractivity contribution is 5.76. The fourth-order valence-electron chi connectivity index (χ4n) is 4.55. The number of carbonyl (C=O) groups excluding carboxylic acids is 1. The van der Waals surface area contributed by atoms with E-state index in [-0.39, 0.29) is 29.6 Å². The maximum Gasteiger partial charge on any atom is 0.419 e. The monoisotopic (exact) mass is 466 g/mol. The third-order valence-electron chi connectivity index (χ3n) is 6.58. The Morgan fingerprint density at radius 1 is 1.21 bits per heavy atom. The van der Waals surface area contributed by atoms with E-state index >= 15 is 0 Å². The van der Waals surface area contributed by atoms with E-state index in [0.29, 0.717) is 25.0 Å². The van der Waals surface area contributed by atoms with Crippen LogP contribution in [0.15, 0.2) is 57.7 Å². The molecule has 4 rings (SSSR count). The van der Waals surface area contributed by atoms with Crippen LogP contribution in [0.1, 0.15) is 44.2 Å². The summed E-state index contributed by atoms with van der Waals surface area (Å²) in [5.74, 6) is 0.0815. The first kappa shape index (κ1) is 23.7. The van der Waals surface area contributed by atoms with Gasteiger partial charge in [-0.1, -0.05) is 37.3 Å². The lowest BCUT2D eigenvalue weighted by Gasteiger charge is -2.37. The van der Waals surface area contributed by atoms with Crippen molar-refractivity contribution in [3.63, 3.8) is 0 Å². The van der Waals surface area contributed by atoms with E-state index in [0.717, 1.165) is 31.8 Å². The number of non-ortho nitro benzene ring substituents is 1. The van der Waals surface area contributed by atoms with Gasteiger partial charge in [0.25, 0.3) is 5.69 Å². The Kier molecular flexibility index (Phi) is 7.42. The number of fused-ring (bicyclic) bond motifs is 1. The fourth-order valence-corrected chi connectivity index (χ4v) is 4.55. The summed E-state index contributed by atoms with van der Waals surface area (Å²) in [6, 6.07) is 14.5. The minimum Gasteiger partial charge on any atom is -0.407 e. The number of carbonyl (C=O) groups is 1. The molecule has 0 bridgehead atoms. The van der Waals surface area contributed by atoms with Gasteiger partial charge < -0.3 is 9.73 Å². The van der Waals surface area contributed by atoms with E-state index in [1.165, 1.54) is 28.3 Å². The number of hydrogen-bond acceptors (Lipinski definition) is 6. The van der Waals surface area contributed by atoms with Crippen LogP contribution in [0.3, 0.4) is 0 Å². The van der Waals surface area contributed by atoms with Crippen molar-refractivity contribution in [1.29, 1.82) is 0 Å². The molecule has 1 fully saturated rings. The van der Waals surface area contributed by atoms with Crippen LogP contribution >= 0.6 is 0 Å². The Hall–Kier alpha value is -3.46. The first-order valence-corrected chi connectivity index (χ1v) is 11.8. The molecule has 1 N–H and O–H groups in total. The standard InChI is InChI=1S/C25H30N4O5/c1-18-11-14-27(15-12-18)22(19-6-3-2-4-7-19)17-26-24(30)8-5-13-28-21-10-9-20(29(32)33)16-23(21)34-25(28)31/h2-4,6-7,9-10,16,18,22H,5,8,11-15,17H2,1H3,(H,26,30). The number of likely N-dealkylation sites (tertiary alicyclic amines) is 1. The highest BCUT2D eigenvalue weighted by atomic mass is 16.6. The maximum atomic E-state index is 12.6. The van der Waals surface area contributed by atoms with Crippen molar-refractivity contribution in [2.75, 3.05) is 19.6 Å². The minimum atomic E-state index is -0.584. The van der Waals surface area contributed by atoms with E-state index in [9.17, 15) is 19.7 Å². The Labute approximate surface area is 197 Å². The van der Waals surface area contributed by atoms with Crippen LogP contribution in [0.4, 0.5) is 5.69 Å². The molecule has 1 aliphatic heterocycles. The number of aromatic nitrogens is 1. The summed E-state index contributed by atoms with van der Waals surface area (Å²) < 4.78 is 6.56. The zero-order valence-electron chi connectivity index (χ0n) is 19.3. The summed E-state index contributed by atoms with van der Waals surface area (Å²) in [6.07, 6.45) is 3.04. The fraction of sp³-hybridized carbons (Fsp3) is 0.440. The molecule has 1 aromatic heterocycles. The van der Waals surface area contributed by atoms with Gasteiger partial charge in [0.15, 0.2) is 5.58 Å². The van der Waals surface area contributed by atoms with Gasteiger partial charge in [-0.05, 0) is 49.9 Å². The number of aryl methyl sites for hydroxylation is 1. The second kappa shape index (κ2) is 10.6. The third kappa shape index (κ3) is 5.53. The van der Waals surface area contributed by atoms with Crippen LogP contribution in [-0.4, -0.2) is 39.9 Å². The van der Waals surface area contributed by atoms with Gasteiger partial charge in [0.1, 0.15) is 0 Å². The smallest absolute Gasteiger partial charge is 0.407 e. The number of nitrogens with one attached hydrogen (secondary N) is 1. The largest absolute Gasteiger partial charge is 0.419 e. The van der Waals surface area contributed by atoms with Gasteiger partial charge in [-0.2, -0.15) is 0 Å². The molecule has 0 aliphatic carbocycles. The van der Waals surface area contributed by atoms with Crippen molar-refractivity contribution < 1.29 is 14.1 Å². The molecule has 3 aromatic rings. The highest BCUT2D eigenvalue weighted by Gasteiger charge is 2.25. The van der Waals surface area contributed by atoms with Crippen molar-refractivity contribution in [1.82, 2.24) is 14.8 Å². The zero-order chi connectivity index (χ0) is 24.1. The van der Waals surface area contributed by atoms with Crippen LogP contribution in [-0.2, 0) is 11.3 Å². The van der Waals surface area contributed by atoms with Gasteiger partial charge >= 0.3 is 5.76 Å². The second-order valence-corrected chi connectivity index (χ2v) is 8.98. The van der Waals surface area contributed by atoms with E-state index in [1.54, 1.807) is 0 Å². The van der Waals surface area contributed by atoms with Crippen molar-refractivity contribution in [2.45, 2.75) is 45.2 Å². The van der Waals surface area contributed by atoms with Crippen molar-refractivity contribution in [3.05, 3.63) is 74.8 Å². The van der Waals surface area contributed by atoms with Gasteiger partial charge in [-0.15, -0.1) is 0 Å². The predicted octanol–water partition coefficient (Wildman–Crippen LogP) is 3.87. The Bertz CT molecular complexity index is 1190. The molecule has 0 spiro atoms. The second-order valence-electron chi connectivity index (χ2n) is 8.98. The molecule has 0 saturated carbocycles. The highest BCUT2D eigenvalue weighted by Crippen LogP contribution is 2.26. The van der Waals surface area contributed by atoms with Gasteiger partial charge in [0.2, 0.25) is 5.91 Å². The number of nitro benzene ring substituents is 1. The zero-order valence-corrected chi connectivity index (χ0v) is 19.3. The summed E-state index contributed by atoms with van der Waals surface area (Å²) in [5, 5.41) is 14.0. The molecule has 1 unspecified atom stereocenters. The summed E-state index contributed by atoms with van der Waals surface area (Å²) in [7, 11) is 0. The number of nitrogens with zero attached hydrogens (tertiary/aromatic N) is 3. The summed E-state index contributed by atoms with van der Waals surface area (Å²) >= 11 is 0. The number of nitro groups is 1. The molecule has 1 saturated heterocycles. The molecule has 34 heavy (non-hydrogen) atoms. The van der Waals surface area contributed by atoms with Crippen LogP contribution in [0.2, 0.25) is 0 Å². The SMILES string of the molecule is CC1CCN(C(CNC(=O)CCCn2c(=O)oc3cc([N+](=O)[O-])ccc32)c2ccccc2)CC1. The lowest BCUT2D eigenvalue weighted by Crippen LogP contribution is -2.42. The molecule has 1 atom stereocenters. The average Bonchev–Trinajstić information content (AvgIpc) is 3.15. The number of rotatable bonds is 9. The number of hydrogen-bond donors (Lipinski definition) is 1. The molecule has 1 amide bonds. The van der Waals surface area contributed by atoms with Crippen LogP contribution in [0, 0.1) is 16.0 Å². The van der Waals surface area contributed by atoms with E-state index in [1.807, 2.05) is 18.2 Å². The lowest BCUT2D eigenvalue weighted by atomic mass is 9.95. The first-order chi connectivity index (χ1) is 16.4. The Morgan fingerprint density at radius 2 is 1.94 bits per heavy atom. The van der Waals surface area contributed by atoms with Crippen LogP contribution in [0.25, 0.3) is 11.1 Å². The molecule has 180 valence electrons. The average molecular weight is 467 g/mol.